The zero-order valence-electron chi connectivity index (χ0n) is 12.0. The number of fused-ring (bicyclic) bond motifs is 1. The first-order chi connectivity index (χ1) is 10.0. The van der Waals surface area contributed by atoms with Gasteiger partial charge >= 0.3 is 5.97 Å². The van der Waals surface area contributed by atoms with E-state index in [1.807, 2.05) is 36.2 Å². The number of hydrogen-bond acceptors (Lipinski definition) is 3. The molecule has 6 heteroatoms. The van der Waals surface area contributed by atoms with Gasteiger partial charge in [0.15, 0.2) is 0 Å². The summed E-state index contributed by atoms with van der Waals surface area (Å²) in [5.41, 5.74) is 1.42. The predicted molar refractivity (Wildman–Crippen MR) is 84.8 cm³/mol. The fourth-order valence-corrected chi connectivity index (χ4v) is 2.61. The average molecular weight is 306 g/mol. The van der Waals surface area contributed by atoms with Gasteiger partial charge in [-0.2, -0.15) is 11.8 Å². The van der Waals surface area contributed by atoms with Crippen LogP contribution in [-0.4, -0.2) is 39.6 Å². The predicted octanol–water partition coefficient (Wildman–Crippen LogP) is 2.11. The molecule has 0 bridgehead atoms. The molecule has 1 amide bonds. The van der Waals surface area contributed by atoms with E-state index in [0.29, 0.717) is 17.7 Å². The lowest BCUT2D eigenvalue weighted by atomic mass is 10.1. The Hall–Kier alpha value is -1.95. The molecule has 0 aliphatic heterocycles. The lowest BCUT2D eigenvalue weighted by molar-refractivity contribution is -0.139. The van der Waals surface area contributed by atoms with Crippen molar-refractivity contribution in [3.8, 4) is 0 Å². The molecule has 5 nitrogen and oxygen atoms in total. The molecule has 112 valence electrons. The average Bonchev–Trinajstić information content (AvgIpc) is 2.84. The van der Waals surface area contributed by atoms with Crippen molar-refractivity contribution in [2.45, 2.75) is 12.5 Å². The van der Waals surface area contributed by atoms with E-state index in [1.165, 1.54) is 0 Å². The number of amides is 1. The molecular weight excluding hydrogens is 288 g/mol. The quantitative estimate of drug-likeness (QED) is 0.857. The van der Waals surface area contributed by atoms with Crippen LogP contribution in [0.5, 0.6) is 0 Å². The van der Waals surface area contributed by atoms with Crippen molar-refractivity contribution in [1.82, 2.24) is 9.88 Å². The van der Waals surface area contributed by atoms with Crippen LogP contribution in [0.3, 0.4) is 0 Å². The summed E-state index contributed by atoms with van der Waals surface area (Å²) in [6, 6.07) is 6.47. The molecule has 2 N–H and O–H groups in total. The van der Waals surface area contributed by atoms with E-state index < -0.39 is 12.0 Å². The van der Waals surface area contributed by atoms with Crippen LogP contribution in [-0.2, 0) is 11.8 Å². The molecule has 0 unspecified atom stereocenters. The highest BCUT2D eigenvalue weighted by Gasteiger charge is 2.20. The van der Waals surface area contributed by atoms with E-state index in [2.05, 4.69) is 5.32 Å². The summed E-state index contributed by atoms with van der Waals surface area (Å²) in [5, 5.41) is 12.8. The Bertz CT molecular complexity index is 666. The zero-order chi connectivity index (χ0) is 15.4. The Balaban J connectivity index is 2.16. The molecule has 1 heterocycles. The maximum atomic E-state index is 12.2. The number of benzene rings is 1. The van der Waals surface area contributed by atoms with Gasteiger partial charge in [0.2, 0.25) is 0 Å². The van der Waals surface area contributed by atoms with Gasteiger partial charge in [0.25, 0.3) is 5.91 Å². The largest absolute Gasteiger partial charge is 0.480 e. The first-order valence-corrected chi connectivity index (χ1v) is 8.00. The normalized spacial score (nSPS) is 12.3. The maximum absolute atomic E-state index is 12.2. The fourth-order valence-electron chi connectivity index (χ4n) is 2.14. The van der Waals surface area contributed by atoms with E-state index in [4.69, 9.17) is 5.11 Å². The number of rotatable bonds is 6. The van der Waals surface area contributed by atoms with Crippen molar-refractivity contribution in [1.29, 1.82) is 0 Å². The minimum atomic E-state index is -1.00. The van der Waals surface area contributed by atoms with Gasteiger partial charge in [0.1, 0.15) is 6.04 Å². The van der Waals surface area contributed by atoms with Gasteiger partial charge in [-0.05, 0) is 42.0 Å². The molecule has 21 heavy (non-hydrogen) atoms. The van der Waals surface area contributed by atoms with E-state index in [-0.39, 0.29) is 5.91 Å². The van der Waals surface area contributed by atoms with Crippen LogP contribution in [0.1, 0.15) is 16.8 Å². The number of carbonyl (C=O) groups is 2. The van der Waals surface area contributed by atoms with E-state index >= 15 is 0 Å². The van der Waals surface area contributed by atoms with Crippen LogP contribution in [0, 0.1) is 0 Å². The highest BCUT2D eigenvalue weighted by Crippen LogP contribution is 2.16. The van der Waals surface area contributed by atoms with Crippen molar-refractivity contribution < 1.29 is 14.7 Å². The van der Waals surface area contributed by atoms with Crippen LogP contribution in [0.2, 0.25) is 0 Å². The number of aryl methyl sites for hydroxylation is 1. The number of carboxylic acid groups (broad SMARTS) is 1. The zero-order valence-corrected chi connectivity index (χ0v) is 12.8. The van der Waals surface area contributed by atoms with Crippen molar-refractivity contribution in [3.05, 3.63) is 36.0 Å². The van der Waals surface area contributed by atoms with Gasteiger partial charge in [-0.15, -0.1) is 0 Å². The lowest BCUT2D eigenvalue weighted by Crippen LogP contribution is -2.41. The van der Waals surface area contributed by atoms with Gasteiger partial charge < -0.3 is 15.0 Å². The summed E-state index contributed by atoms with van der Waals surface area (Å²) in [6.45, 7) is 0. The van der Waals surface area contributed by atoms with Crippen LogP contribution in [0.15, 0.2) is 30.5 Å². The Labute approximate surface area is 127 Å². The summed E-state index contributed by atoms with van der Waals surface area (Å²) in [4.78, 5) is 23.4. The second kappa shape index (κ2) is 6.67. The first kappa shape index (κ1) is 15.4. The molecular formula is C15H18N2O3S. The van der Waals surface area contributed by atoms with Crippen molar-refractivity contribution >= 4 is 34.5 Å². The van der Waals surface area contributed by atoms with E-state index in [9.17, 15) is 9.59 Å². The number of carboxylic acids is 1. The molecule has 1 aromatic heterocycles. The van der Waals surface area contributed by atoms with Crippen LogP contribution >= 0.6 is 11.8 Å². The summed E-state index contributed by atoms with van der Waals surface area (Å²) >= 11 is 1.56. The molecule has 0 saturated carbocycles. The van der Waals surface area contributed by atoms with Gasteiger partial charge in [0, 0.05) is 24.3 Å². The number of thioether (sulfide) groups is 1. The summed E-state index contributed by atoms with van der Waals surface area (Å²) in [6.07, 6.45) is 4.24. The number of nitrogens with zero attached hydrogens (tertiary/aromatic N) is 1. The standard InChI is InChI=1S/C15H18N2O3S/c1-17-7-5-10-3-4-11(9-13(10)17)14(18)16-12(15(19)20)6-8-21-2/h3-5,7,9,12H,6,8H2,1-2H3,(H,16,18)(H,19,20)/t12-/m0/s1. The number of aromatic nitrogens is 1. The summed E-state index contributed by atoms with van der Waals surface area (Å²) in [7, 11) is 1.91. The van der Waals surface area contributed by atoms with Gasteiger partial charge in [-0.1, -0.05) is 6.07 Å². The maximum Gasteiger partial charge on any atom is 0.326 e. The second-order valence-electron chi connectivity index (χ2n) is 4.85. The monoisotopic (exact) mass is 306 g/mol. The number of hydrogen-bond donors (Lipinski definition) is 2. The van der Waals surface area contributed by atoms with Crippen molar-refractivity contribution in [3.63, 3.8) is 0 Å². The van der Waals surface area contributed by atoms with Crippen LogP contribution in [0.25, 0.3) is 10.9 Å². The van der Waals surface area contributed by atoms with E-state index in [0.717, 1.165) is 10.9 Å². The highest BCUT2D eigenvalue weighted by atomic mass is 32.2. The Morgan fingerprint density at radius 2 is 2.14 bits per heavy atom. The molecule has 2 rings (SSSR count). The number of carbonyl (C=O) groups excluding carboxylic acids is 1. The van der Waals surface area contributed by atoms with E-state index in [1.54, 1.807) is 23.9 Å². The molecule has 1 atom stereocenters. The molecule has 1 aromatic carbocycles. The smallest absolute Gasteiger partial charge is 0.326 e. The fraction of sp³-hybridized carbons (Fsp3) is 0.333. The second-order valence-corrected chi connectivity index (χ2v) is 5.83. The highest BCUT2D eigenvalue weighted by molar-refractivity contribution is 7.98. The summed E-state index contributed by atoms with van der Waals surface area (Å²) in [5.74, 6) is -0.669. The third kappa shape index (κ3) is 3.58. The van der Waals surface area contributed by atoms with Gasteiger partial charge in [-0.3, -0.25) is 4.79 Å². The number of aliphatic carboxylic acids is 1. The molecule has 0 saturated heterocycles. The first-order valence-electron chi connectivity index (χ1n) is 6.60. The SMILES string of the molecule is CSCC[C@H](NC(=O)c1ccc2ccn(C)c2c1)C(=O)O. The molecule has 0 radical (unpaired) electrons. The minimum absolute atomic E-state index is 0.355. The third-order valence-corrected chi connectivity index (χ3v) is 4.01. The molecule has 0 fully saturated rings. The molecule has 0 aliphatic carbocycles. The van der Waals surface area contributed by atoms with Gasteiger partial charge in [0.05, 0.1) is 0 Å². The molecule has 2 aromatic rings. The van der Waals surface area contributed by atoms with Crippen LogP contribution in [0.4, 0.5) is 0 Å². The lowest BCUT2D eigenvalue weighted by Gasteiger charge is -2.14. The number of nitrogens with one attached hydrogen (secondary N) is 1. The van der Waals surface area contributed by atoms with Crippen molar-refractivity contribution in [2.24, 2.45) is 7.05 Å². The topological polar surface area (TPSA) is 71.3 Å². The minimum Gasteiger partial charge on any atom is -0.480 e. The summed E-state index contributed by atoms with van der Waals surface area (Å²) < 4.78 is 1.93. The van der Waals surface area contributed by atoms with Gasteiger partial charge in [-0.25, -0.2) is 4.79 Å². The Morgan fingerprint density at radius 1 is 1.38 bits per heavy atom. The molecule has 0 spiro atoms. The Morgan fingerprint density at radius 3 is 2.81 bits per heavy atom. The Kier molecular flexibility index (Phi) is 4.90. The van der Waals surface area contributed by atoms with Crippen LogP contribution < -0.4 is 5.32 Å². The molecule has 0 aliphatic rings. The van der Waals surface area contributed by atoms with Crippen molar-refractivity contribution in [2.75, 3.05) is 12.0 Å². The third-order valence-electron chi connectivity index (χ3n) is 3.36.